The molecule has 4 aliphatic heterocycles. The number of amides is 6. The van der Waals surface area contributed by atoms with Gasteiger partial charge in [0, 0.05) is 51.6 Å². The summed E-state index contributed by atoms with van der Waals surface area (Å²) in [4.78, 5) is 62.0. The van der Waals surface area contributed by atoms with Crippen LogP contribution in [0.25, 0.3) is 4.85 Å². The highest BCUT2D eigenvalue weighted by Crippen LogP contribution is 2.44. The number of anilines is 2. The van der Waals surface area contributed by atoms with Crippen molar-refractivity contribution < 1.29 is 19.2 Å². The van der Waals surface area contributed by atoms with Crippen molar-refractivity contribution in [2.45, 2.75) is 64.5 Å². The summed E-state index contributed by atoms with van der Waals surface area (Å²) in [6.07, 6.45) is 3.57. The lowest BCUT2D eigenvalue weighted by Gasteiger charge is -2.28. The van der Waals surface area contributed by atoms with Gasteiger partial charge in [0.15, 0.2) is 5.69 Å². The van der Waals surface area contributed by atoms with Gasteiger partial charge in [0.05, 0.1) is 17.9 Å². The van der Waals surface area contributed by atoms with E-state index in [1.54, 1.807) is 70.5 Å². The molecule has 0 aliphatic carbocycles. The van der Waals surface area contributed by atoms with Crippen LogP contribution in [0.15, 0.2) is 84.9 Å². The predicted octanol–water partition coefficient (Wildman–Crippen LogP) is 10.2. The molecule has 4 saturated heterocycles. The number of amidine groups is 1. The van der Waals surface area contributed by atoms with Gasteiger partial charge in [0.1, 0.15) is 16.9 Å². The molecule has 6 amide bonds. The van der Waals surface area contributed by atoms with Crippen LogP contribution >= 0.6 is 46.4 Å². The minimum absolute atomic E-state index is 0. The molecule has 4 fully saturated rings. The van der Waals surface area contributed by atoms with Crippen molar-refractivity contribution >= 4 is 93.2 Å². The Hall–Kier alpha value is -5.12. The lowest BCUT2D eigenvalue weighted by Crippen LogP contribution is -2.47. The Morgan fingerprint density at radius 2 is 1.02 bits per heavy atom. The molecule has 0 saturated carbocycles. The Morgan fingerprint density at radius 1 is 0.649 bits per heavy atom. The lowest BCUT2D eigenvalue weighted by atomic mass is 9.87. The van der Waals surface area contributed by atoms with Crippen LogP contribution in [0.3, 0.4) is 0 Å². The van der Waals surface area contributed by atoms with Crippen molar-refractivity contribution in [3.63, 3.8) is 0 Å². The maximum Gasteiger partial charge on any atom is 0.332 e. The van der Waals surface area contributed by atoms with Crippen LogP contribution in [-0.4, -0.2) is 63.7 Å². The maximum atomic E-state index is 13.4. The van der Waals surface area contributed by atoms with E-state index in [0.29, 0.717) is 81.5 Å². The fourth-order valence-corrected chi connectivity index (χ4v) is 9.10. The number of carbonyl (C=O) groups is 4. The topological polar surface area (TPSA) is 135 Å². The Balaban J connectivity index is 0.000000210. The minimum Gasteiger partial charge on any atom is -0.384 e. The number of nitrogens with one attached hydrogen (secondary N) is 1. The summed E-state index contributed by atoms with van der Waals surface area (Å²) in [6.45, 7) is 8.13. The molecule has 0 aromatic heterocycles. The standard InChI is InChI=1S/C20H18Cl2N4O2.C20H15Cl2N3O2.2CH4/c21-14-8-15(22)10-16(9-14)26-18(27)20(6-1-7-25(20)19(26)28)11-12-2-4-13(5-3-12)17(23)24;1-23-16-5-3-13(4-6-16)12-20-7-2-8-24(20)19(27)25(18(20)26)17-10-14(21)9-15(22)11-17;;/h2-5,8-10H,1,6-7,11H2,(H3,23,24);3-6,9-11H,2,7-8,12H2;2*1H4. The first-order valence-corrected chi connectivity index (χ1v) is 18.9. The number of halogens is 4. The molecule has 8 rings (SSSR count). The second-order valence-electron chi connectivity index (χ2n) is 13.9. The van der Waals surface area contributed by atoms with Crippen LogP contribution in [0.4, 0.5) is 26.7 Å². The largest absolute Gasteiger partial charge is 0.384 e. The number of fused-ring (bicyclic) bond motifs is 2. The van der Waals surface area contributed by atoms with Gasteiger partial charge in [-0.2, -0.15) is 0 Å². The van der Waals surface area contributed by atoms with Gasteiger partial charge in [-0.3, -0.25) is 15.0 Å². The SMILES string of the molecule is C.C.N=C(N)c1ccc(CC23CCCN2C(=O)N(c2cc(Cl)cc(Cl)c2)C3=O)cc1.[C-]#[N+]c1ccc(CC23CCCN2C(=O)N(c2cc(Cl)cc(Cl)c2)C3=O)cc1. The number of nitrogens with zero attached hydrogens (tertiary/aromatic N) is 5. The van der Waals surface area contributed by atoms with E-state index in [4.69, 9.17) is 64.1 Å². The summed E-state index contributed by atoms with van der Waals surface area (Å²) >= 11 is 24.3. The molecule has 2 unspecified atom stereocenters. The molecular formula is C42H41Cl4N7O4. The van der Waals surface area contributed by atoms with E-state index in [9.17, 15) is 19.2 Å². The summed E-state index contributed by atoms with van der Waals surface area (Å²) < 4.78 is 0. The third-order valence-corrected chi connectivity index (χ3v) is 11.4. The van der Waals surface area contributed by atoms with Gasteiger partial charge in [-0.25, -0.2) is 24.2 Å². The zero-order chi connectivity index (χ0) is 39.2. The fourth-order valence-electron chi connectivity index (χ4n) is 8.07. The molecule has 2 atom stereocenters. The molecule has 3 N–H and O–H groups in total. The van der Waals surface area contributed by atoms with E-state index in [0.717, 1.165) is 24.0 Å². The smallest absolute Gasteiger partial charge is 0.332 e. The molecule has 4 heterocycles. The van der Waals surface area contributed by atoms with Crippen molar-refractivity contribution in [1.29, 1.82) is 5.41 Å². The normalized spacial score (nSPS) is 20.7. The van der Waals surface area contributed by atoms with Crippen LogP contribution in [0.1, 0.15) is 57.2 Å². The number of nitrogens with two attached hydrogens (primary N) is 1. The monoisotopic (exact) mass is 847 g/mol. The highest BCUT2D eigenvalue weighted by Gasteiger charge is 2.61. The first kappa shape index (κ1) is 43.0. The van der Waals surface area contributed by atoms with Crippen LogP contribution in [0.2, 0.25) is 20.1 Å². The predicted molar refractivity (Wildman–Crippen MR) is 227 cm³/mol. The van der Waals surface area contributed by atoms with E-state index in [1.165, 1.54) is 9.80 Å². The minimum atomic E-state index is -0.913. The van der Waals surface area contributed by atoms with E-state index >= 15 is 0 Å². The summed E-state index contributed by atoms with van der Waals surface area (Å²) in [6, 6.07) is 23.1. The second kappa shape index (κ2) is 16.8. The van der Waals surface area contributed by atoms with Crippen LogP contribution in [0, 0.1) is 12.0 Å². The number of urea groups is 2. The number of rotatable bonds is 7. The summed E-state index contributed by atoms with van der Waals surface area (Å²) in [5.74, 6) is -0.523. The Bertz CT molecular complexity index is 2260. The number of hydrogen-bond donors (Lipinski definition) is 2. The van der Waals surface area contributed by atoms with Gasteiger partial charge in [0.25, 0.3) is 11.8 Å². The average Bonchev–Trinajstić information content (AvgIpc) is 3.85. The van der Waals surface area contributed by atoms with E-state index in [1.807, 2.05) is 24.3 Å². The van der Waals surface area contributed by atoms with Crippen molar-refractivity contribution in [3.05, 3.63) is 133 Å². The molecule has 11 nitrogen and oxygen atoms in total. The Labute approximate surface area is 352 Å². The summed E-state index contributed by atoms with van der Waals surface area (Å²) in [5, 5.41) is 8.97. The third-order valence-electron chi connectivity index (χ3n) is 10.6. The number of hydrogen-bond acceptors (Lipinski definition) is 5. The zero-order valence-electron chi connectivity index (χ0n) is 29.2. The first-order chi connectivity index (χ1) is 26.3. The lowest BCUT2D eigenvalue weighted by molar-refractivity contribution is -0.124. The second-order valence-corrected chi connectivity index (χ2v) is 15.7. The van der Waals surface area contributed by atoms with E-state index in [-0.39, 0.29) is 44.6 Å². The van der Waals surface area contributed by atoms with Crippen LogP contribution in [0.5, 0.6) is 0 Å². The van der Waals surface area contributed by atoms with Crippen molar-refractivity contribution in [2.24, 2.45) is 5.73 Å². The van der Waals surface area contributed by atoms with Gasteiger partial charge in [-0.1, -0.05) is 110 Å². The van der Waals surface area contributed by atoms with Crippen molar-refractivity contribution in [1.82, 2.24) is 9.80 Å². The van der Waals surface area contributed by atoms with E-state index in [2.05, 4.69) is 4.85 Å². The summed E-state index contributed by atoms with van der Waals surface area (Å²) in [7, 11) is 0. The third kappa shape index (κ3) is 7.80. The molecular weight excluding hydrogens is 808 g/mol. The number of carbonyl (C=O) groups excluding carboxylic acids is 4. The fraction of sp³-hybridized carbons (Fsp3) is 0.286. The van der Waals surface area contributed by atoms with Crippen molar-refractivity contribution in [3.8, 4) is 0 Å². The quantitative estimate of drug-likeness (QED) is 0.0826. The molecule has 57 heavy (non-hydrogen) atoms. The van der Waals surface area contributed by atoms with E-state index < -0.39 is 11.1 Å². The molecule has 4 aromatic rings. The molecule has 0 bridgehead atoms. The maximum absolute atomic E-state index is 13.4. The molecule has 15 heteroatoms. The van der Waals surface area contributed by atoms with Gasteiger partial charge < -0.3 is 15.5 Å². The number of imide groups is 2. The number of benzene rings is 4. The number of nitrogen functional groups attached to an aromatic ring is 1. The van der Waals surface area contributed by atoms with Crippen LogP contribution in [-0.2, 0) is 22.4 Å². The van der Waals surface area contributed by atoms with Gasteiger partial charge >= 0.3 is 12.1 Å². The highest BCUT2D eigenvalue weighted by atomic mass is 35.5. The van der Waals surface area contributed by atoms with Gasteiger partial charge in [0.2, 0.25) is 0 Å². The van der Waals surface area contributed by atoms with Gasteiger partial charge in [-0.05, 0) is 73.2 Å². The Kier molecular flexibility index (Phi) is 12.7. The Morgan fingerprint density at radius 3 is 1.37 bits per heavy atom. The van der Waals surface area contributed by atoms with Gasteiger partial charge in [-0.15, -0.1) is 0 Å². The molecule has 4 aromatic carbocycles. The molecule has 0 spiro atoms. The van der Waals surface area contributed by atoms with Crippen molar-refractivity contribution in [2.75, 3.05) is 22.9 Å². The highest BCUT2D eigenvalue weighted by molar-refractivity contribution is 6.36. The molecule has 4 aliphatic rings. The summed E-state index contributed by atoms with van der Waals surface area (Å²) in [5.41, 5.74) is 7.46. The molecule has 296 valence electrons. The zero-order valence-corrected chi connectivity index (χ0v) is 32.2. The first-order valence-electron chi connectivity index (χ1n) is 17.4. The average molecular weight is 850 g/mol. The van der Waals surface area contributed by atoms with Crippen LogP contribution < -0.4 is 15.5 Å². The molecule has 0 radical (unpaired) electrons.